The lowest BCUT2D eigenvalue weighted by atomic mass is 10.1. The molecule has 1 fully saturated rings. The Morgan fingerprint density at radius 3 is 2.28 bits per heavy atom. The van der Waals surface area contributed by atoms with Crippen molar-refractivity contribution in [1.82, 2.24) is 4.90 Å². The van der Waals surface area contributed by atoms with E-state index in [9.17, 15) is 4.79 Å². The van der Waals surface area contributed by atoms with Crippen LogP contribution in [0.5, 0.6) is 17.2 Å². The van der Waals surface area contributed by atoms with E-state index in [0.29, 0.717) is 30.2 Å². The number of anilines is 1. The number of benzene rings is 2. The Hall–Kier alpha value is -2.73. The number of nitrogens with zero attached hydrogens (tertiary/aromatic N) is 2. The van der Waals surface area contributed by atoms with Gasteiger partial charge in [-0.25, -0.2) is 0 Å². The van der Waals surface area contributed by atoms with Gasteiger partial charge < -0.3 is 19.1 Å². The molecule has 6 nitrogen and oxygen atoms in total. The van der Waals surface area contributed by atoms with Gasteiger partial charge in [0.05, 0.1) is 14.2 Å². The van der Waals surface area contributed by atoms with Crippen molar-refractivity contribution in [1.29, 1.82) is 0 Å². The fraction of sp³-hybridized carbons (Fsp3) is 0.435. The maximum absolute atomic E-state index is 12.2. The van der Waals surface area contributed by atoms with Gasteiger partial charge in [-0.05, 0) is 24.6 Å². The third kappa shape index (κ3) is 5.21. The fourth-order valence-electron chi connectivity index (χ4n) is 3.59. The summed E-state index contributed by atoms with van der Waals surface area (Å²) in [7, 11) is 3.15. The number of carbonyl (C=O) groups excluding carboxylic acids is 1. The maximum atomic E-state index is 12.2. The Bertz CT molecular complexity index is 802. The fourth-order valence-corrected chi connectivity index (χ4v) is 3.59. The topological polar surface area (TPSA) is 51.2 Å². The van der Waals surface area contributed by atoms with Crippen molar-refractivity contribution in [3.63, 3.8) is 0 Å². The summed E-state index contributed by atoms with van der Waals surface area (Å²) in [6.45, 7) is 6.44. The summed E-state index contributed by atoms with van der Waals surface area (Å²) in [6.07, 6.45) is 1.11. The molecule has 2 aromatic rings. The summed E-state index contributed by atoms with van der Waals surface area (Å²) < 4.78 is 16.6. The molecule has 0 atom stereocenters. The van der Waals surface area contributed by atoms with Crippen molar-refractivity contribution in [3.8, 4) is 17.2 Å². The number of hydrogen-bond acceptors (Lipinski definition) is 6. The Balaban J connectivity index is 1.74. The van der Waals surface area contributed by atoms with Gasteiger partial charge >= 0.3 is 5.97 Å². The van der Waals surface area contributed by atoms with Crippen LogP contribution < -0.4 is 19.1 Å². The predicted octanol–water partition coefficient (Wildman–Crippen LogP) is 3.73. The first kappa shape index (κ1) is 21.0. The standard InChI is InChI=1S/C23H30N2O4/c1-4-8-21(26)29-22-18(11-12-20(27-2)23(22)28-3)17-24-13-15-25(16-14-24)19-9-6-5-7-10-19/h5-7,9-12H,4,8,13-17H2,1-3H3. The molecule has 0 aromatic heterocycles. The SMILES string of the molecule is CCCC(=O)Oc1c(CN2CCN(c3ccccc3)CC2)ccc(OC)c1OC. The summed E-state index contributed by atoms with van der Waals surface area (Å²) >= 11 is 0. The van der Waals surface area contributed by atoms with Gasteiger partial charge in [-0.2, -0.15) is 0 Å². The number of ether oxygens (including phenoxy) is 3. The lowest BCUT2D eigenvalue weighted by Crippen LogP contribution is -2.46. The van der Waals surface area contributed by atoms with Crippen LogP contribution in [0.4, 0.5) is 5.69 Å². The zero-order valence-corrected chi connectivity index (χ0v) is 17.5. The molecule has 0 amide bonds. The van der Waals surface area contributed by atoms with Gasteiger partial charge in [0.25, 0.3) is 0 Å². The number of rotatable bonds is 8. The normalized spacial score (nSPS) is 14.5. The maximum Gasteiger partial charge on any atom is 0.311 e. The van der Waals surface area contributed by atoms with Crippen LogP contribution >= 0.6 is 0 Å². The Labute approximate surface area is 173 Å². The summed E-state index contributed by atoms with van der Waals surface area (Å²) in [4.78, 5) is 17.0. The Kier molecular flexibility index (Phi) is 7.36. The smallest absolute Gasteiger partial charge is 0.311 e. The highest BCUT2D eigenvalue weighted by Gasteiger charge is 2.23. The molecule has 0 radical (unpaired) electrons. The van der Waals surface area contributed by atoms with Crippen LogP contribution in [-0.4, -0.2) is 51.3 Å². The van der Waals surface area contributed by atoms with Crippen molar-refractivity contribution in [2.75, 3.05) is 45.3 Å². The predicted molar refractivity (Wildman–Crippen MR) is 114 cm³/mol. The monoisotopic (exact) mass is 398 g/mol. The zero-order chi connectivity index (χ0) is 20.6. The van der Waals surface area contributed by atoms with Crippen LogP contribution in [0.15, 0.2) is 42.5 Å². The van der Waals surface area contributed by atoms with Crippen molar-refractivity contribution < 1.29 is 19.0 Å². The van der Waals surface area contributed by atoms with E-state index in [0.717, 1.165) is 38.2 Å². The lowest BCUT2D eigenvalue weighted by Gasteiger charge is -2.36. The van der Waals surface area contributed by atoms with Gasteiger partial charge in [0, 0.05) is 50.4 Å². The van der Waals surface area contributed by atoms with E-state index >= 15 is 0 Å². The quantitative estimate of drug-likeness (QED) is 0.499. The third-order valence-electron chi connectivity index (χ3n) is 5.14. The van der Waals surface area contributed by atoms with E-state index < -0.39 is 0 Å². The minimum absolute atomic E-state index is 0.255. The van der Waals surface area contributed by atoms with Crippen LogP contribution in [0.1, 0.15) is 25.3 Å². The molecule has 1 aliphatic rings. The Morgan fingerprint density at radius 1 is 0.931 bits per heavy atom. The number of esters is 1. The van der Waals surface area contributed by atoms with E-state index in [1.165, 1.54) is 5.69 Å². The molecule has 1 saturated heterocycles. The second-order valence-electron chi connectivity index (χ2n) is 7.11. The molecule has 1 aliphatic heterocycles. The molecule has 0 aliphatic carbocycles. The molecule has 0 unspecified atom stereocenters. The van der Waals surface area contributed by atoms with Crippen molar-refractivity contribution in [2.24, 2.45) is 0 Å². The van der Waals surface area contributed by atoms with Gasteiger partial charge in [0.1, 0.15) is 0 Å². The van der Waals surface area contributed by atoms with Gasteiger partial charge in [0.15, 0.2) is 11.5 Å². The average Bonchev–Trinajstić information content (AvgIpc) is 2.76. The molecule has 2 aromatic carbocycles. The highest BCUT2D eigenvalue weighted by molar-refractivity contribution is 5.74. The van der Waals surface area contributed by atoms with E-state index in [-0.39, 0.29) is 5.97 Å². The van der Waals surface area contributed by atoms with Crippen molar-refractivity contribution in [3.05, 3.63) is 48.0 Å². The highest BCUT2D eigenvalue weighted by atomic mass is 16.6. The number of hydrogen-bond donors (Lipinski definition) is 0. The summed E-state index contributed by atoms with van der Waals surface area (Å²) in [5.41, 5.74) is 2.19. The molecule has 0 saturated carbocycles. The van der Waals surface area contributed by atoms with E-state index in [4.69, 9.17) is 14.2 Å². The molecule has 0 bridgehead atoms. The van der Waals surface area contributed by atoms with Crippen LogP contribution in [0.3, 0.4) is 0 Å². The number of carbonyl (C=O) groups is 1. The minimum atomic E-state index is -0.255. The van der Waals surface area contributed by atoms with Crippen LogP contribution in [0.2, 0.25) is 0 Å². The molecule has 29 heavy (non-hydrogen) atoms. The second-order valence-corrected chi connectivity index (χ2v) is 7.11. The molecule has 3 rings (SSSR count). The van der Waals surface area contributed by atoms with E-state index in [1.54, 1.807) is 14.2 Å². The highest BCUT2D eigenvalue weighted by Crippen LogP contribution is 2.40. The first-order valence-electron chi connectivity index (χ1n) is 10.1. The van der Waals surface area contributed by atoms with Gasteiger partial charge in [-0.1, -0.05) is 31.2 Å². The van der Waals surface area contributed by atoms with Gasteiger partial charge in [-0.15, -0.1) is 0 Å². The van der Waals surface area contributed by atoms with Crippen LogP contribution in [0, 0.1) is 0 Å². The molecule has 1 heterocycles. The number of methoxy groups -OCH3 is 2. The summed E-state index contributed by atoms with van der Waals surface area (Å²) in [6, 6.07) is 14.3. The first-order chi connectivity index (χ1) is 14.2. The van der Waals surface area contributed by atoms with Gasteiger partial charge in [0.2, 0.25) is 5.75 Å². The van der Waals surface area contributed by atoms with E-state index in [2.05, 4.69) is 34.1 Å². The molecular weight excluding hydrogens is 368 g/mol. The second kappa shape index (κ2) is 10.2. The number of piperazine rings is 1. The van der Waals surface area contributed by atoms with Crippen LogP contribution in [-0.2, 0) is 11.3 Å². The summed E-state index contributed by atoms with van der Waals surface area (Å²) in [5, 5.41) is 0. The largest absolute Gasteiger partial charge is 0.493 e. The average molecular weight is 399 g/mol. The first-order valence-corrected chi connectivity index (χ1v) is 10.1. The molecular formula is C23H30N2O4. The van der Waals surface area contributed by atoms with Crippen molar-refractivity contribution in [2.45, 2.75) is 26.3 Å². The van der Waals surface area contributed by atoms with Crippen molar-refractivity contribution >= 4 is 11.7 Å². The zero-order valence-electron chi connectivity index (χ0n) is 17.5. The van der Waals surface area contributed by atoms with E-state index in [1.807, 2.05) is 25.1 Å². The minimum Gasteiger partial charge on any atom is -0.493 e. The third-order valence-corrected chi connectivity index (χ3v) is 5.14. The summed E-state index contributed by atoms with van der Waals surface area (Å²) in [5.74, 6) is 1.24. The molecule has 156 valence electrons. The molecule has 6 heteroatoms. The molecule has 0 N–H and O–H groups in total. The Morgan fingerprint density at radius 2 is 1.66 bits per heavy atom. The van der Waals surface area contributed by atoms with Gasteiger partial charge in [-0.3, -0.25) is 9.69 Å². The molecule has 0 spiro atoms. The number of para-hydroxylation sites is 1. The lowest BCUT2D eigenvalue weighted by molar-refractivity contribution is -0.134. The van der Waals surface area contributed by atoms with Crippen LogP contribution in [0.25, 0.3) is 0 Å².